The number of hydrogen-bond donors (Lipinski definition) is 0. The first-order valence-electron chi connectivity index (χ1n) is 12.1. The van der Waals surface area contributed by atoms with Crippen molar-refractivity contribution in [3.8, 4) is 5.75 Å². The van der Waals surface area contributed by atoms with E-state index in [4.69, 9.17) is 9.47 Å². The van der Waals surface area contributed by atoms with E-state index in [0.717, 1.165) is 16.9 Å². The van der Waals surface area contributed by atoms with Crippen LogP contribution in [0.5, 0.6) is 5.75 Å². The summed E-state index contributed by atoms with van der Waals surface area (Å²) in [5.41, 5.74) is 3.21. The predicted molar refractivity (Wildman–Crippen MR) is 143 cm³/mol. The molecular formula is C28H31N3O5S. The summed E-state index contributed by atoms with van der Waals surface area (Å²) in [5, 5.41) is 0. The Kier molecular flexibility index (Phi) is 8.25. The molecule has 1 aliphatic rings. The molecule has 0 spiro atoms. The lowest BCUT2D eigenvalue weighted by Gasteiger charge is -2.23. The molecule has 0 atom stereocenters. The second kappa shape index (κ2) is 11.6. The fraction of sp³-hybridized carbons (Fsp3) is 0.286. The van der Waals surface area contributed by atoms with E-state index in [1.807, 2.05) is 37.3 Å². The quantitative estimate of drug-likeness (QED) is 0.351. The zero-order chi connectivity index (χ0) is 26.4. The number of ether oxygens (including phenoxy) is 2. The van der Waals surface area contributed by atoms with Crippen molar-refractivity contribution in [3.63, 3.8) is 0 Å². The highest BCUT2D eigenvalue weighted by atomic mass is 32.2. The lowest BCUT2D eigenvalue weighted by atomic mass is 10.0. The molecule has 0 N–H and O–H groups in total. The van der Waals surface area contributed by atoms with Gasteiger partial charge in [-0.15, -0.1) is 0 Å². The average Bonchev–Trinajstić information content (AvgIpc) is 3.18. The minimum absolute atomic E-state index is 0.0730. The highest BCUT2D eigenvalue weighted by Crippen LogP contribution is 2.29. The number of amides is 1. The van der Waals surface area contributed by atoms with E-state index in [0.29, 0.717) is 43.3 Å². The average molecular weight is 522 g/mol. The number of benzene rings is 2. The summed E-state index contributed by atoms with van der Waals surface area (Å²) in [5.74, 6) is 1.01. The summed E-state index contributed by atoms with van der Waals surface area (Å²) in [6.07, 6.45) is 1.79. The molecular weight excluding hydrogens is 490 g/mol. The summed E-state index contributed by atoms with van der Waals surface area (Å²) in [6, 6.07) is 19.7. The number of rotatable bonds is 11. The fourth-order valence-electron chi connectivity index (χ4n) is 4.25. The second-order valence-electron chi connectivity index (χ2n) is 8.67. The summed E-state index contributed by atoms with van der Waals surface area (Å²) in [4.78, 5) is 19.3. The number of pyridine rings is 1. The molecule has 0 unspecified atom stereocenters. The highest BCUT2D eigenvalue weighted by Gasteiger charge is 2.31. The number of carbonyl (C=O) groups excluding carboxylic acids is 1. The molecule has 0 bridgehead atoms. The molecule has 0 radical (unpaired) electrons. The van der Waals surface area contributed by atoms with Gasteiger partial charge in [0.2, 0.25) is 0 Å². The molecule has 3 aromatic rings. The highest BCUT2D eigenvalue weighted by molar-refractivity contribution is 7.92. The SMILES string of the molecule is CCN(c1ccccc1)S(=O)(=O)c1ccc(N2CC(C)=C(Cc3cccc(OCCOC)c3)C2=O)nc1. The van der Waals surface area contributed by atoms with E-state index in [-0.39, 0.29) is 17.3 Å². The van der Waals surface area contributed by atoms with Gasteiger partial charge in [0.1, 0.15) is 23.1 Å². The van der Waals surface area contributed by atoms with Crippen LogP contribution in [-0.2, 0) is 26.0 Å². The Balaban J connectivity index is 1.48. The van der Waals surface area contributed by atoms with Crippen molar-refractivity contribution in [1.29, 1.82) is 0 Å². The molecule has 0 saturated heterocycles. The lowest BCUT2D eigenvalue weighted by Crippen LogP contribution is -2.31. The van der Waals surface area contributed by atoms with E-state index < -0.39 is 10.0 Å². The van der Waals surface area contributed by atoms with Crippen LogP contribution in [0.3, 0.4) is 0 Å². The number of aromatic nitrogens is 1. The normalized spacial score (nSPS) is 13.8. The molecule has 2 aromatic carbocycles. The molecule has 1 aliphatic heterocycles. The molecule has 1 aromatic heterocycles. The summed E-state index contributed by atoms with van der Waals surface area (Å²) >= 11 is 0. The largest absolute Gasteiger partial charge is 0.491 e. The minimum Gasteiger partial charge on any atom is -0.491 e. The summed E-state index contributed by atoms with van der Waals surface area (Å²) < 4.78 is 38.6. The molecule has 0 saturated carbocycles. The van der Waals surface area contributed by atoms with Crippen LogP contribution in [0.4, 0.5) is 11.5 Å². The van der Waals surface area contributed by atoms with Gasteiger partial charge in [0.15, 0.2) is 0 Å². The van der Waals surface area contributed by atoms with Crippen LogP contribution < -0.4 is 13.9 Å². The lowest BCUT2D eigenvalue weighted by molar-refractivity contribution is -0.114. The van der Waals surface area contributed by atoms with Crippen molar-refractivity contribution in [2.45, 2.75) is 25.2 Å². The van der Waals surface area contributed by atoms with Crippen LogP contribution in [0.2, 0.25) is 0 Å². The summed E-state index contributed by atoms with van der Waals surface area (Å²) in [7, 11) is -2.17. The van der Waals surface area contributed by atoms with E-state index >= 15 is 0 Å². The van der Waals surface area contributed by atoms with Gasteiger partial charge in [0, 0.05) is 38.4 Å². The van der Waals surface area contributed by atoms with Gasteiger partial charge < -0.3 is 9.47 Å². The van der Waals surface area contributed by atoms with Crippen molar-refractivity contribution in [2.75, 3.05) is 42.6 Å². The number of nitrogens with zero attached hydrogens (tertiary/aromatic N) is 3. The van der Waals surface area contributed by atoms with Crippen molar-refractivity contribution < 1.29 is 22.7 Å². The molecule has 0 fully saturated rings. The monoisotopic (exact) mass is 521 g/mol. The number of sulfonamides is 1. The van der Waals surface area contributed by atoms with Crippen molar-refractivity contribution >= 4 is 27.4 Å². The van der Waals surface area contributed by atoms with Crippen LogP contribution in [0.25, 0.3) is 0 Å². The third-order valence-electron chi connectivity index (χ3n) is 6.17. The molecule has 194 valence electrons. The van der Waals surface area contributed by atoms with Crippen LogP contribution in [0, 0.1) is 0 Å². The van der Waals surface area contributed by atoms with Gasteiger partial charge in [-0.05, 0) is 61.4 Å². The van der Waals surface area contributed by atoms with Crippen LogP contribution in [-0.4, -0.2) is 52.7 Å². The first-order valence-corrected chi connectivity index (χ1v) is 13.5. The fourth-order valence-corrected chi connectivity index (χ4v) is 5.67. The number of para-hydroxylation sites is 1. The van der Waals surface area contributed by atoms with Gasteiger partial charge >= 0.3 is 0 Å². The van der Waals surface area contributed by atoms with Crippen LogP contribution in [0.15, 0.2) is 89.0 Å². The Hall–Kier alpha value is -3.69. The predicted octanol–water partition coefficient (Wildman–Crippen LogP) is 4.23. The Morgan fingerprint density at radius 3 is 2.49 bits per heavy atom. The maximum Gasteiger partial charge on any atom is 0.265 e. The molecule has 8 nitrogen and oxygen atoms in total. The molecule has 0 aliphatic carbocycles. The Morgan fingerprint density at radius 2 is 1.81 bits per heavy atom. The number of methoxy groups -OCH3 is 1. The van der Waals surface area contributed by atoms with Gasteiger partial charge in [-0.1, -0.05) is 30.3 Å². The minimum atomic E-state index is -3.80. The van der Waals surface area contributed by atoms with E-state index in [1.165, 1.54) is 16.6 Å². The molecule has 9 heteroatoms. The Labute approximate surface area is 218 Å². The maximum absolute atomic E-state index is 13.3. The van der Waals surface area contributed by atoms with Gasteiger partial charge in [0.05, 0.1) is 12.3 Å². The van der Waals surface area contributed by atoms with Crippen molar-refractivity contribution in [2.24, 2.45) is 0 Å². The Bertz CT molecular complexity index is 1370. The molecule has 4 rings (SSSR count). The molecule has 37 heavy (non-hydrogen) atoms. The van der Waals surface area contributed by atoms with E-state index in [9.17, 15) is 13.2 Å². The molecule has 2 heterocycles. The van der Waals surface area contributed by atoms with Crippen molar-refractivity contribution in [1.82, 2.24) is 4.98 Å². The first-order chi connectivity index (χ1) is 17.8. The molecule has 1 amide bonds. The zero-order valence-corrected chi connectivity index (χ0v) is 22.1. The third-order valence-corrected chi connectivity index (χ3v) is 8.05. The Morgan fingerprint density at radius 1 is 1.03 bits per heavy atom. The van der Waals surface area contributed by atoms with Gasteiger partial charge in [-0.2, -0.15) is 0 Å². The smallest absolute Gasteiger partial charge is 0.265 e. The van der Waals surface area contributed by atoms with Crippen LogP contribution in [0.1, 0.15) is 19.4 Å². The second-order valence-corrected chi connectivity index (χ2v) is 10.5. The standard InChI is InChI=1S/C28H31N3O5S/c1-4-31(23-10-6-5-7-11-23)37(33,34)25-13-14-27(29-19-25)30-20-21(2)26(28(30)32)18-22-9-8-12-24(17-22)36-16-15-35-3/h5-14,17,19H,4,15-16,18,20H2,1-3H3. The zero-order valence-electron chi connectivity index (χ0n) is 21.3. The van der Waals surface area contributed by atoms with Gasteiger partial charge in [0.25, 0.3) is 15.9 Å². The third kappa shape index (κ3) is 5.84. The number of anilines is 2. The van der Waals surface area contributed by atoms with E-state index in [1.54, 1.807) is 49.3 Å². The van der Waals surface area contributed by atoms with Crippen molar-refractivity contribution in [3.05, 3.63) is 89.6 Å². The maximum atomic E-state index is 13.3. The van der Waals surface area contributed by atoms with E-state index in [2.05, 4.69) is 4.98 Å². The van der Waals surface area contributed by atoms with Gasteiger partial charge in [-0.25, -0.2) is 13.4 Å². The number of hydrogen-bond acceptors (Lipinski definition) is 6. The topological polar surface area (TPSA) is 89.0 Å². The first kappa shape index (κ1) is 26.4. The summed E-state index contributed by atoms with van der Waals surface area (Å²) in [6.45, 7) is 5.35. The number of carbonyl (C=O) groups is 1. The van der Waals surface area contributed by atoms with Crippen LogP contribution >= 0.6 is 0 Å². The van der Waals surface area contributed by atoms with Gasteiger partial charge in [-0.3, -0.25) is 14.0 Å².